The van der Waals surface area contributed by atoms with Crippen molar-refractivity contribution in [2.75, 3.05) is 24.3 Å². The molecule has 0 aliphatic rings. The third-order valence-electron chi connectivity index (χ3n) is 2.86. The molecule has 0 saturated heterocycles. The van der Waals surface area contributed by atoms with Gasteiger partial charge >= 0.3 is 0 Å². The highest BCUT2D eigenvalue weighted by atomic mass is 32.2. The first-order chi connectivity index (χ1) is 8.52. The number of nitrogens with zero attached hydrogens (tertiary/aromatic N) is 1. The summed E-state index contributed by atoms with van der Waals surface area (Å²) in [4.78, 5) is 3.51. The highest BCUT2D eigenvalue weighted by Gasteiger charge is 2.17. The van der Waals surface area contributed by atoms with Crippen molar-refractivity contribution in [1.29, 1.82) is 0 Å². The Hall–Kier alpha value is -0.780. The molecule has 3 N–H and O–H groups in total. The van der Waals surface area contributed by atoms with E-state index >= 15 is 0 Å². The van der Waals surface area contributed by atoms with Crippen LogP contribution in [0.3, 0.4) is 0 Å². The third kappa shape index (κ3) is 3.37. The molecule has 0 heterocycles. The Morgan fingerprint density at radius 2 is 2.22 bits per heavy atom. The minimum absolute atomic E-state index is 0.0278. The fourth-order valence-electron chi connectivity index (χ4n) is 1.70. The SMILES string of the molecule is CCSc1cccc(N(C)C(C)CO)c1C(N)=S. The molecule has 1 rings (SSSR count). The number of likely N-dealkylation sites (N-methyl/N-ethyl adjacent to an activating group) is 1. The molecule has 1 atom stereocenters. The van der Waals surface area contributed by atoms with E-state index in [4.69, 9.17) is 18.0 Å². The minimum atomic E-state index is 0.0278. The molecule has 0 bridgehead atoms. The monoisotopic (exact) mass is 284 g/mol. The van der Waals surface area contributed by atoms with Crippen LogP contribution in [0.5, 0.6) is 0 Å². The molecule has 0 aromatic heterocycles. The van der Waals surface area contributed by atoms with E-state index in [0.717, 1.165) is 21.9 Å². The van der Waals surface area contributed by atoms with E-state index in [-0.39, 0.29) is 12.6 Å². The predicted octanol–water partition coefficient (Wildman–Crippen LogP) is 2.25. The summed E-state index contributed by atoms with van der Waals surface area (Å²) in [6.45, 7) is 4.15. The van der Waals surface area contributed by atoms with Gasteiger partial charge in [-0.1, -0.05) is 25.2 Å². The van der Waals surface area contributed by atoms with Gasteiger partial charge in [-0.2, -0.15) is 0 Å². The molecule has 0 amide bonds. The van der Waals surface area contributed by atoms with Crippen LogP contribution >= 0.6 is 24.0 Å². The number of hydrogen-bond acceptors (Lipinski definition) is 4. The second kappa shape index (κ2) is 6.97. The van der Waals surface area contributed by atoms with E-state index in [1.807, 2.05) is 37.1 Å². The zero-order valence-corrected chi connectivity index (χ0v) is 12.6. The Kier molecular flexibility index (Phi) is 5.91. The quantitative estimate of drug-likeness (QED) is 0.620. The van der Waals surface area contributed by atoms with Crippen LogP contribution in [0, 0.1) is 0 Å². The van der Waals surface area contributed by atoms with Gasteiger partial charge in [0.1, 0.15) is 4.99 Å². The Bertz CT molecular complexity index is 423. The Labute approximate surface area is 118 Å². The Morgan fingerprint density at radius 1 is 1.56 bits per heavy atom. The first-order valence-corrected chi connectivity index (χ1v) is 7.31. The highest BCUT2D eigenvalue weighted by Crippen LogP contribution is 2.31. The lowest BCUT2D eigenvalue weighted by atomic mass is 10.1. The summed E-state index contributed by atoms with van der Waals surface area (Å²) in [6.07, 6.45) is 0. The molecule has 100 valence electrons. The molecule has 1 unspecified atom stereocenters. The van der Waals surface area contributed by atoms with E-state index < -0.39 is 0 Å². The number of rotatable bonds is 6. The van der Waals surface area contributed by atoms with Crippen molar-refractivity contribution in [2.45, 2.75) is 24.8 Å². The van der Waals surface area contributed by atoms with Crippen molar-refractivity contribution in [2.24, 2.45) is 5.73 Å². The van der Waals surface area contributed by atoms with Crippen LogP contribution in [0.25, 0.3) is 0 Å². The average Bonchev–Trinajstić information content (AvgIpc) is 2.36. The van der Waals surface area contributed by atoms with Crippen molar-refractivity contribution in [3.05, 3.63) is 23.8 Å². The first-order valence-electron chi connectivity index (χ1n) is 5.92. The average molecular weight is 284 g/mol. The fraction of sp³-hybridized carbons (Fsp3) is 0.462. The summed E-state index contributed by atoms with van der Waals surface area (Å²) in [7, 11) is 1.94. The molecule has 1 aromatic carbocycles. The maximum Gasteiger partial charge on any atom is 0.107 e. The van der Waals surface area contributed by atoms with Gasteiger partial charge in [-0.15, -0.1) is 11.8 Å². The van der Waals surface area contributed by atoms with E-state index in [0.29, 0.717) is 4.99 Å². The topological polar surface area (TPSA) is 49.5 Å². The van der Waals surface area contributed by atoms with Crippen molar-refractivity contribution in [3.8, 4) is 0 Å². The number of thioether (sulfide) groups is 1. The van der Waals surface area contributed by atoms with Gasteiger partial charge in [0, 0.05) is 29.2 Å². The largest absolute Gasteiger partial charge is 0.394 e. The Morgan fingerprint density at radius 3 is 2.72 bits per heavy atom. The molecule has 0 saturated carbocycles. The zero-order valence-electron chi connectivity index (χ0n) is 11.0. The van der Waals surface area contributed by atoms with E-state index in [2.05, 4.69) is 6.92 Å². The molecule has 0 fully saturated rings. The first kappa shape index (κ1) is 15.3. The molecule has 1 aromatic rings. The van der Waals surface area contributed by atoms with Gasteiger partial charge in [0.25, 0.3) is 0 Å². The zero-order chi connectivity index (χ0) is 13.7. The number of aliphatic hydroxyl groups excluding tert-OH is 1. The van der Waals surface area contributed by atoms with Gasteiger partial charge in [0.15, 0.2) is 0 Å². The summed E-state index contributed by atoms with van der Waals surface area (Å²) in [5, 5.41) is 9.26. The maximum atomic E-state index is 9.26. The summed E-state index contributed by atoms with van der Waals surface area (Å²) in [6, 6.07) is 6.04. The van der Waals surface area contributed by atoms with Gasteiger partial charge in [-0.3, -0.25) is 0 Å². The predicted molar refractivity (Wildman–Crippen MR) is 83.7 cm³/mol. The van der Waals surface area contributed by atoms with Crippen molar-refractivity contribution in [1.82, 2.24) is 0 Å². The van der Waals surface area contributed by atoms with Crippen LogP contribution < -0.4 is 10.6 Å². The molecule has 5 heteroatoms. The van der Waals surface area contributed by atoms with Crippen molar-refractivity contribution in [3.63, 3.8) is 0 Å². The minimum Gasteiger partial charge on any atom is -0.394 e. The van der Waals surface area contributed by atoms with Crippen molar-refractivity contribution >= 4 is 34.7 Å². The smallest absolute Gasteiger partial charge is 0.107 e. The number of nitrogens with two attached hydrogens (primary N) is 1. The number of benzene rings is 1. The normalized spacial score (nSPS) is 12.2. The number of thiocarbonyl (C=S) groups is 1. The van der Waals surface area contributed by atoms with Crippen molar-refractivity contribution < 1.29 is 5.11 Å². The molecule has 3 nitrogen and oxygen atoms in total. The van der Waals surface area contributed by atoms with Crippen LogP contribution in [0.1, 0.15) is 19.4 Å². The van der Waals surface area contributed by atoms with E-state index in [9.17, 15) is 5.11 Å². The van der Waals surface area contributed by atoms with Gasteiger partial charge in [0.2, 0.25) is 0 Å². The summed E-state index contributed by atoms with van der Waals surface area (Å²) >= 11 is 6.89. The summed E-state index contributed by atoms with van der Waals surface area (Å²) < 4.78 is 0. The second-order valence-electron chi connectivity index (χ2n) is 4.09. The molecular formula is C13H20N2OS2. The Balaban J connectivity index is 3.26. The van der Waals surface area contributed by atoms with Gasteiger partial charge in [-0.05, 0) is 24.8 Å². The molecule has 18 heavy (non-hydrogen) atoms. The van der Waals surface area contributed by atoms with Crippen LogP contribution in [-0.2, 0) is 0 Å². The summed E-state index contributed by atoms with van der Waals surface area (Å²) in [5.41, 5.74) is 7.73. The lowest BCUT2D eigenvalue weighted by Crippen LogP contribution is -2.33. The third-order valence-corrected chi connectivity index (χ3v) is 4.00. The standard InChI is InChI=1S/C13H20N2OS2/c1-4-18-11-7-5-6-10(12(11)13(14)17)15(3)9(2)8-16/h5-7,9,16H,4,8H2,1-3H3,(H2,14,17). The van der Waals surface area contributed by atoms with Crippen LogP contribution in [-0.4, -0.2) is 35.5 Å². The fourth-order valence-corrected chi connectivity index (χ4v) is 2.82. The molecule has 0 radical (unpaired) electrons. The highest BCUT2D eigenvalue weighted by molar-refractivity contribution is 7.99. The molecule has 0 aliphatic heterocycles. The van der Waals surface area contributed by atoms with Gasteiger partial charge < -0.3 is 15.7 Å². The van der Waals surface area contributed by atoms with Crippen LogP contribution in [0.4, 0.5) is 5.69 Å². The number of anilines is 1. The molecule has 0 spiro atoms. The van der Waals surface area contributed by atoms with Gasteiger partial charge in [-0.25, -0.2) is 0 Å². The van der Waals surface area contributed by atoms with E-state index in [1.54, 1.807) is 11.8 Å². The second-order valence-corrected chi connectivity index (χ2v) is 5.84. The lowest BCUT2D eigenvalue weighted by molar-refractivity contribution is 0.270. The molecule has 0 aliphatic carbocycles. The maximum absolute atomic E-state index is 9.26. The van der Waals surface area contributed by atoms with E-state index in [1.165, 1.54) is 0 Å². The van der Waals surface area contributed by atoms with Gasteiger partial charge in [0.05, 0.1) is 6.61 Å². The number of hydrogen-bond donors (Lipinski definition) is 2. The molecular weight excluding hydrogens is 264 g/mol. The van der Waals surface area contributed by atoms with Crippen LogP contribution in [0.2, 0.25) is 0 Å². The number of aliphatic hydroxyl groups is 1. The lowest BCUT2D eigenvalue weighted by Gasteiger charge is -2.28. The summed E-state index contributed by atoms with van der Waals surface area (Å²) in [5.74, 6) is 0.971. The van der Waals surface area contributed by atoms with Crippen LogP contribution in [0.15, 0.2) is 23.1 Å².